The van der Waals surface area contributed by atoms with Crippen LogP contribution in [0.5, 0.6) is 0 Å². The van der Waals surface area contributed by atoms with Gasteiger partial charge in [-0.3, -0.25) is 4.99 Å². The number of aryl methyl sites for hydroxylation is 1. The average Bonchev–Trinajstić information content (AvgIpc) is 2.13. The zero-order chi connectivity index (χ0) is 9.84. The summed E-state index contributed by atoms with van der Waals surface area (Å²) in [7, 11) is 1.70. The lowest BCUT2D eigenvalue weighted by Crippen LogP contribution is -2.30. The van der Waals surface area contributed by atoms with Crippen molar-refractivity contribution < 1.29 is 0 Å². The van der Waals surface area contributed by atoms with Crippen molar-refractivity contribution in [1.82, 2.24) is 5.43 Å². The first-order valence-electron chi connectivity index (χ1n) is 3.89. The molecule has 1 aromatic carbocycles. The van der Waals surface area contributed by atoms with Crippen LogP contribution in [0.3, 0.4) is 0 Å². The van der Waals surface area contributed by atoms with Crippen molar-refractivity contribution in [2.24, 2.45) is 10.8 Å². The van der Waals surface area contributed by atoms with Gasteiger partial charge in [0.25, 0.3) is 0 Å². The van der Waals surface area contributed by atoms with Crippen molar-refractivity contribution in [1.29, 1.82) is 0 Å². The monoisotopic (exact) mass is 241 g/mol. The molecule has 0 spiro atoms. The molecule has 0 amide bonds. The number of hydrazine groups is 1. The molecule has 0 aliphatic carbocycles. The molecule has 0 bridgehead atoms. The van der Waals surface area contributed by atoms with Gasteiger partial charge < -0.3 is 5.43 Å². The van der Waals surface area contributed by atoms with Gasteiger partial charge in [0.1, 0.15) is 5.84 Å². The quantitative estimate of drug-likeness (QED) is 0.340. The maximum Gasteiger partial charge on any atom is 0.142 e. The summed E-state index contributed by atoms with van der Waals surface area (Å²) in [6.07, 6.45) is 0. The first-order chi connectivity index (χ1) is 6.19. The molecule has 0 aliphatic heterocycles. The molecule has 70 valence electrons. The normalized spacial score (nSPS) is 11.5. The molecule has 0 aromatic heterocycles. The van der Waals surface area contributed by atoms with Crippen LogP contribution in [0, 0.1) is 6.92 Å². The highest BCUT2D eigenvalue weighted by Crippen LogP contribution is 2.16. The molecular weight excluding hydrogens is 230 g/mol. The van der Waals surface area contributed by atoms with Crippen molar-refractivity contribution >= 4 is 21.8 Å². The molecule has 0 saturated heterocycles. The van der Waals surface area contributed by atoms with Gasteiger partial charge in [0.2, 0.25) is 0 Å². The average molecular weight is 242 g/mol. The van der Waals surface area contributed by atoms with Gasteiger partial charge >= 0.3 is 0 Å². The summed E-state index contributed by atoms with van der Waals surface area (Å²) in [5.41, 5.74) is 4.70. The van der Waals surface area contributed by atoms with Crippen LogP contribution in [0.15, 0.2) is 27.7 Å². The van der Waals surface area contributed by atoms with Gasteiger partial charge in [-0.15, -0.1) is 0 Å². The highest BCUT2D eigenvalue weighted by molar-refractivity contribution is 9.10. The van der Waals surface area contributed by atoms with Crippen LogP contribution >= 0.6 is 15.9 Å². The summed E-state index contributed by atoms with van der Waals surface area (Å²) >= 11 is 3.43. The lowest BCUT2D eigenvalue weighted by Gasteiger charge is -2.06. The Morgan fingerprint density at radius 3 is 2.69 bits per heavy atom. The predicted molar refractivity (Wildman–Crippen MR) is 58.7 cm³/mol. The van der Waals surface area contributed by atoms with Crippen LogP contribution in [-0.4, -0.2) is 12.9 Å². The van der Waals surface area contributed by atoms with Crippen molar-refractivity contribution in [3.05, 3.63) is 33.8 Å². The van der Waals surface area contributed by atoms with Gasteiger partial charge in [0, 0.05) is 17.1 Å². The maximum absolute atomic E-state index is 5.31. The van der Waals surface area contributed by atoms with Crippen molar-refractivity contribution in [3.63, 3.8) is 0 Å². The number of halogens is 1. The summed E-state index contributed by atoms with van der Waals surface area (Å²) in [6, 6.07) is 5.96. The number of hydrogen-bond donors (Lipinski definition) is 2. The summed E-state index contributed by atoms with van der Waals surface area (Å²) in [5.74, 6) is 6.00. The Morgan fingerprint density at radius 1 is 1.54 bits per heavy atom. The lowest BCUT2D eigenvalue weighted by molar-refractivity contribution is 1.02. The van der Waals surface area contributed by atoms with E-state index >= 15 is 0 Å². The van der Waals surface area contributed by atoms with Crippen LogP contribution in [0.4, 0.5) is 0 Å². The van der Waals surface area contributed by atoms with Crippen molar-refractivity contribution in [2.75, 3.05) is 7.05 Å². The van der Waals surface area contributed by atoms with Crippen LogP contribution < -0.4 is 11.3 Å². The van der Waals surface area contributed by atoms with E-state index in [1.807, 2.05) is 25.1 Å². The Bertz CT molecular complexity index is 334. The van der Waals surface area contributed by atoms with E-state index in [9.17, 15) is 0 Å². The fraction of sp³-hybridized carbons (Fsp3) is 0.222. The minimum atomic E-state index is 0.690. The van der Waals surface area contributed by atoms with E-state index < -0.39 is 0 Å². The molecule has 3 N–H and O–H groups in total. The molecule has 1 rings (SSSR count). The zero-order valence-electron chi connectivity index (χ0n) is 7.63. The van der Waals surface area contributed by atoms with Crippen LogP contribution in [0.25, 0.3) is 0 Å². The number of nitrogens with one attached hydrogen (secondary N) is 1. The van der Waals surface area contributed by atoms with Crippen LogP contribution in [0.2, 0.25) is 0 Å². The molecule has 0 atom stereocenters. The summed E-state index contributed by atoms with van der Waals surface area (Å²) < 4.78 is 1.09. The highest BCUT2D eigenvalue weighted by Gasteiger charge is 2.01. The van der Waals surface area contributed by atoms with Gasteiger partial charge in [-0.1, -0.05) is 22.0 Å². The Balaban J connectivity index is 3.10. The molecule has 3 nitrogen and oxygen atoms in total. The third kappa shape index (κ3) is 2.29. The minimum Gasteiger partial charge on any atom is -0.308 e. The molecule has 13 heavy (non-hydrogen) atoms. The fourth-order valence-corrected chi connectivity index (χ4v) is 1.32. The molecule has 0 fully saturated rings. The second-order valence-electron chi connectivity index (χ2n) is 2.68. The highest BCUT2D eigenvalue weighted by atomic mass is 79.9. The van der Waals surface area contributed by atoms with E-state index in [0.717, 1.165) is 15.6 Å². The number of rotatable bonds is 1. The van der Waals surface area contributed by atoms with E-state index in [-0.39, 0.29) is 0 Å². The molecule has 0 saturated carbocycles. The maximum atomic E-state index is 5.31. The van der Waals surface area contributed by atoms with Crippen molar-refractivity contribution in [3.8, 4) is 0 Å². The van der Waals surface area contributed by atoms with Gasteiger partial charge in [-0.25, -0.2) is 5.84 Å². The van der Waals surface area contributed by atoms with E-state index in [1.54, 1.807) is 7.05 Å². The van der Waals surface area contributed by atoms with Gasteiger partial charge in [-0.05, 0) is 24.6 Å². The first-order valence-corrected chi connectivity index (χ1v) is 4.68. The Hall–Kier alpha value is -0.870. The third-order valence-electron chi connectivity index (χ3n) is 1.79. The SMILES string of the molecule is CN=C(NN)c1ccc(Br)c(C)c1. The third-order valence-corrected chi connectivity index (χ3v) is 2.68. The Labute approximate surface area is 86.1 Å². The number of amidine groups is 1. The number of benzene rings is 1. The van der Waals surface area contributed by atoms with Gasteiger partial charge in [-0.2, -0.15) is 0 Å². The second kappa shape index (κ2) is 4.39. The Morgan fingerprint density at radius 2 is 2.23 bits per heavy atom. The summed E-state index contributed by atoms with van der Waals surface area (Å²) in [4.78, 5) is 4.01. The minimum absolute atomic E-state index is 0.690. The molecule has 0 aliphatic rings. The molecule has 1 aromatic rings. The van der Waals surface area contributed by atoms with Gasteiger partial charge in [0.05, 0.1) is 0 Å². The van der Waals surface area contributed by atoms with E-state index in [0.29, 0.717) is 5.84 Å². The molecular formula is C9H12BrN3. The van der Waals surface area contributed by atoms with Crippen LogP contribution in [0.1, 0.15) is 11.1 Å². The summed E-state index contributed by atoms with van der Waals surface area (Å²) in [6.45, 7) is 2.03. The Kier molecular flexibility index (Phi) is 3.45. The fourth-order valence-electron chi connectivity index (χ4n) is 1.07. The van der Waals surface area contributed by atoms with E-state index in [1.165, 1.54) is 0 Å². The molecule has 0 unspecified atom stereocenters. The molecule has 0 radical (unpaired) electrons. The van der Waals surface area contributed by atoms with Gasteiger partial charge in [0.15, 0.2) is 0 Å². The van der Waals surface area contributed by atoms with E-state index in [4.69, 9.17) is 5.84 Å². The first kappa shape index (κ1) is 10.2. The number of hydrogen-bond acceptors (Lipinski definition) is 2. The smallest absolute Gasteiger partial charge is 0.142 e. The second-order valence-corrected chi connectivity index (χ2v) is 3.53. The van der Waals surface area contributed by atoms with E-state index in [2.05, 4.69) is 26.3 Å². The summed E-state index contributed by atoms with van der Waals surface area (Å²) in [5, 5.41) is 0. The number of nitrogens with two attached hydrogens (primary N) is 1. The molecule has 4 heteroatoms. The lowest BCUT2D eigenvalue weighted by atomic mass is 10.1. The van der Waals surface area contributed by atoms with Crippen molar-refractivity contribution in [2.45, 2.75) is 6.92 Å². The molecule has 0 heterocycles. The number of nitrogens with zero attached hydrogens (tertiary/aromatic N) is 1. The number of aliphatic imine (C=N–C) groups is 1. The van der Waals surface area contributed by atoms with Crippen LogP contribution in [-0.2, 0) is 0 Å². The predicted octanol–water partition coefficient (Wildman–Crippen LogP) is 1.60. The topological polar surface area (TPSA) is 50.4 Å². The zero-order valence-corrected chi connectivity index (χ0v) is 9.22. The largest absolute Gasteiger partial charge is 0.308 e. The standard InChI is InChI=1S/C9H12BrN3/c1-6-5-7(3-4-8(6)10)9(12-2)13-11/h3-5H,11H2,1-2H3,(H,12,13).